The molecule has 0 saturated heterocycles. The highest BCUT2D eigenvalue weighted by molar-refractivity contribution is 5.89. The standard InChI is InChI=1S/C17H19N5O2/c1-12-10-15(21(2)20-12)19-16(23)8-5-9-22-11-18-14-7-4-3-6-13(14)17(22)24/h3-4,6-7,10-11H,5,8-9H2,1-2H3,(H,19,23). The number of aryl methyl sites for hydroxylation is 3. The molecule has 0 radical (unpaired) electrons. The van der Waals surface area contributed by atoms with Gasteiger partial charge in [-0.25, -0.2) is 4.98 Å². The second-order valence-electron chi connectivity index (χ2n) is 5.71. The van der Waals surface area contributed by atoms with E-state index in [2.05, 4.69) is 15.4 Å². The molecule has 3 rings (SSSR count). The van der Waals surface area contributed by atoms with Crippen molar-refractivity contribution in [2.75, 3.05) is 5.32 Å². The minimum Gasteiger partial charge on any atom is -0.311 e. The first-order valence-corrected chi connectivity index (χ1v) is 7.79. The fourth-order valence-corrected chi connectivity index (χ4v) is 2.61. The van der Waals surface area contributed by atoms with Crippen molar-refractivity contribution in [1.29, 1.82) is 0 Å². The molecule has 0 atom stereocenters. The molecule has 0 unspecified atom stereocenters. The third-order valence-electron chi connectivity index (χ3n) is 3.80. The molecule has 0 spiro atoms. The van der Waals surface area contributed by atoms with Crippen LogP contribution in [0.5, 0.6) is 0 Å². The van der Waals surface area contributed by atoms with Crippen molar-refractivity contribution >= 4 is 22.6 Å². The van der Waals surface area contributed by atoms with Gasteiger partial charge in [-0.1, -0.05) is 12.1 Å². The molecule has 1 N–H and O–H groups in total. The predicted octanol–water partition coefficient (Wildman–Crippen LogP) is 1.86. The number of rotatable bonds is 5. The van der Waals surface area contributed by atoms with Gasteiger partial charge in [-0.3, -0.25) is 18.8 Å². The highest BCUT2D eigenvalue weighted by atomic mass is 16.1. The molecule has 0 aliphatic rings. The number of amides is 1. The molecule has 7 nitrogen and oxygen atoms in total. The number of carbonyl (C=O) groups excluding carboxylic acids is 1. The fourth-order valence-electron chi connectivity index (χ4n) is 2.61. The Morgan fingerprint density at radius 3 is 2.83 bits per heavy atom. The Morgan fingerprint density at radius 2 is 2.08 bits per heavy atom. The van der Waals surface area contributed by atoms with Crippen LogP contribution < -0.4 is 10.9 Å². The van der Waals surface area contributed by atoms with Gasteiger partial charge in [0.2, 0.25) is 5.91 Å². The number of nitrogens with one attached hydrogen (secondary N) is 1. The van der Waals surface area contributed by atoms with E-state index in [1.807, 2.05) is 31.2 Å². The summed E-state index contributed by atoms with van der Waals surface area (Å²) in [5.41, 5.74) is 1.45. The molecular formula is C17H19N5O2. The molecule has 0 aliphatic carbocycles. The zero-order valence-electron chi connectivity index (χ0n) is 13.7. The van der Waals surface area contributed by atoms with Gasteiger partial charge in [-0.15, -0.1) is 0 Å². The Balaban J connectivity index is 1.60. The summed E-state index contributed by atoms with van der Waals surface area (Å²) in [6.45, 7) is 2.32. The molecule has 24 heavy (non-hydrogen) atoms. The van der Waals surface area contributed by atoms with Crippen LogP contribution in [0.2, 0.25) is 0 Å². The Labute approximate surface area is 138 Å². The van der Waals surface area contributed by atoms with Crippen molar-refractivity contribution < 1.29 is 4.79 Å². The summed E-state index contributed by atoms with van der Waals surface area (Å²) in [5.74, 6) is 0.571. The quantitative estimate of drug-likeness (QED) is 0.776. The van der Waals surface area contributed by atoms with Crippen molar-refractivity contribution in [2.45, 2.75) is 26.3 Å². The molecule has 0 aliphatic heterocycles. The molecule has 0 saturated carbocycles. The van der Waals surface area contributed by atoms with Crippen molar-refractivity contribution in [3.05, 3.63) is 52.7 Å². The van der Waals surface area contributed by atoms with Gasteiger partial charge in [0.15, 0.2) is 0 Å². The Bertz CT molecular complexity index is 942. The number of carbonyl (C=O) groups is 1. The highest BCUT2D eigenvalue weighted by Crippen LogP contribution is 2.09. The molecule has 0 fully saturated rings. The number of para-hydroxylation sites is 1. The van der Waals surface area contributed by atoms with Crippen LogP contribution in [0.4, 0.5) is 5.82 Å². The lowest BCUT2D eigenvalue weighted by molar-refractivity contribution is -0.116. The predicted molar refractivity (Wildman–Crippen MR) is 91.8 cm³/mol. The van der Waals surface area contributed by atoms with E-state index in [0.717, 1.165) is 5.69 Å². The zero-order valence-corrected chi connectivity index (χ0v) is 13.7. The van der Waals surface area contributed by atoms with Gasteiger partial charge < -0.3 is 5.32 Å². The van der Waals surface area contributed by atoms with Gasteiger partial charge in [0.1, 0.15) is 5.82 Å². The minimum absolute atomic E-state index is 0.0803. The molecule has 1 aromatic carbocycles. The lowest BCUT2D eigenvalue weighted by atomic mass is 10.2. The van der Waals surface area contributed by atoms with Crippen molar-refractivity contribution in [1.82, 2.24) is 19.3 Å². The summed E-state index contributed by atoms with van der Waals surface area (Å²) in [6, 6.07) is 9.06. The summed E-state index contributed by atoms with van der Waals surface area (Å²) < 4.78 is 3.18. The number of aromatic nitrogens is 4. The summed E-state index contributed by atoms with van der Waals surface area (Å²) >= 11 is 0. The van der Waals surface area contributed by atoms with Crippen LogP contribution in [-0.4, -0.2) is 25.2 Å². The van der Waals surface area contributed by atoms with Gasteiger partial charge in [0, 0.05) is 26.1 Å². The van der Waals surface area contributed by atoms with Gasteiger partial charge in [-0.2, -0.15) is 5.10 Å². The van der Waals surface area contributed by atoms with E-state index in [1.165, 1.54) is 6.33 Å². The molecule has 0 bridgehead atoms. The number of fused-ring (bicyclic) bond motifs is 1. The maximum atomic E-state index is 12.4. The van der Waals surface area contributed by atoms with Crippen molar-refractivity contribution in [2.24, 2.45) is 7.05 Å². The monoisotopic (exact) mass is 325 g/mol. The maximum Gasteiger partial charge on any atom is 0.261 e. The van der Waals surface area contributed by atoms with Crippen LogP contribution in [0.15, 0.2) is 41.5 Å². The average Bonchev–Trinajstić information content (AvgIpc) is 2.87. The normalized spacial score (nSPS) is 10.9. The zero-order chi connectivity index (χ0) is 17.1. The van der Waals surface area contributed by atoms with Gasteiger partial charge >= 0.3 is 0 Å². The number of hydrogen-bond acceptors (Lipinski definition) is 4. The van der Waals surface area contributed by atoms with Crippen molar-refractivity contribution in [3.63, 3.8) is 0 Å². The van der Waals surface area contributed by atoms with E-state index < -0.39 is 0 Å². The van der Waals surface area contributed by atoms with E-state index in [4.69, 9.17) is 0 Å². The number of hydrogen-bond donors (Lipinski definition) is 1. The van der Waals surface area contributed by atoms with E-state index in [0.29, 0.717) is 36.1 Å². The third kappa shape index (κ3) is 3.34. The van der Waals surface area contributed by atoms with E-state index in [9.17, 15) is 9.59 Å². The fraction of sp³-hybridized carbons (Fsp3) is 0.294. The number of benzene rings is 1. The largest absolute Gasteiger partial charge is 0.311 e. The van der Waals surface area contributed by atoms with Crippen LogP contribution in [0.1, 0.15) is 18.5 Å². The van der Waals surface area contributed by atoms with Crippen molar-refractivity contribution in [3.8, 4) is 0 Å². The Hall–Kier alpha value is -2.96. The van der Waals surface area contributed by atoms with Gasteiger partial charge in [0.25, 0.3) is 5.56 Å². The second-order valence-corrected chi connectivity index (χ2v) is 5.71. The smallest absolute Gasteiger partial charge is 0.261 e. The number of anilines is 1. The third-order valence-corrected chi connectivity index (χ3v) is 3.80. The topological polar surface area (TPSA) is 81.8 Å². The summed E-state index contributed by atoms with van der Waals surface area (Å²) in [5, 5.41) is 7.59. The van der Waals surface area contributed by atoms with Crippen LogP contribution >= 0.6 is 0 Å². The lowest BCUT2D eigenvalue weighted by Gasteiger charge is -2.07. The molecule has 7 heteroatoms. The molecule has 2 heterocycles. The minimum atomic E-state index is -0.0974. The molecular weight excluding hydrogens is 306 g/mol. The number of nitrogens with zero attached hydrogens (tertiary/aromatic N) is 4. The van der Waals surface area contributed by atoms with E-state index in [1.54, 1.807) is 22.4 Å². The average molecular weight is 325 g/mol. The summed E-state index contributed by atoms with van der Waals surface area (Å²) in [4.78, 5) is 28.6. The molecule has 3 aromatic rings. The molecule has 2 aromatic heterocycles. The Kier molecular flexibility index (Phi) is 4.41. The first-order valence-electron chi connectivity index (χ1n) is 7.79. The van der Waals surface area contributed by atoms with E-state index >= 15 is 0 Å². The maximum absolute atomic E-state index is 12.4. The highest BCUT2D eigenvalue weighted by Gasteiger charge is 2.08. The molecule has 1 amide bonds. The first kappa shape index (κ1) is 15.9. The second kappa shape index (κ2) is 6.66. The molecule has 124 valence electrons. The van der Waals surface area contributed by atoms with Crippen LogP contribution in [0, 0.1) is 6.92 Å². The Morgan fingerprint density at radius 1 is 1.29 bits per heavy atom. The van der Waals surface area contributed by atoms with Gasteiger partial charge in [0.05, 0.1) is 22.9 Å². The van der Waals surface area contributed by atoms with Crippen LogP contribution in [-0.2, 0) is 18.4 Å². The SMILES string of the molecule is Cc1cc(NC(=O)CCCn2cnc3ccccc3c2=O)n(C)n1. The van der Waals surface area contributed by atoms with Gasteiger partial charge in [-0.05, 0) is 25.5 Å². The lowest BCUT2D eigenvalue weighted by Crippen LogP contribution is -2.22. The van der Waals surface area contributed by atoms with Crippen LogP contribution in [0.3, 0.4) is 0 Å². The summed E-state index contributed by atoms with van der Waals surface area (Å²) in [6.07, 6.45) is 2.42. The first-order chi connectivity index (χ1) is 11.5. The summed E-state index contributed by atoms with van der Waals surface area (Å²) in [7, 11) is 1.78. The van der Waals surface area contributed by atoms with E-state index in [-0.39, 0.29) is 11.5 Å². The van der Waals surface area contributed by atoms with Crippen LogP contribution in [0.25, 0.3) is 10.9 Å².